The Labute approximate surface area is 155 Å². The van der Waals surface area contributed by atoms with Crippen LogP contribution in [0.5, 0.6) is 0 Å². The first kappa shape index (κ1) is 19.3. The average Bonchev–Trinajstić information content (AvgIpc) is 3.13. The summed E-state index contributed by atoms with van der Waals surface area (Å²) in [5, 5.41) is 14.4. The fourth-order valence-electron chi connectivity index (χ4n) is 3.13. The van der Waals surface area contributed by atoms with Crippen molar-refractivity contribution in [2.45, 2.75) is 17.9 Å². The van der Waals surface area contributed by atoms with Crippen molar-refractivity contribution in [1.82, 2.24) is 10.2 Å². The van der Waals surface area contributed by atoms with Crippen molar-refractivity contribution in [1.29, 1.82) is 0 Å². The van der Waals surface area contributed by atoms with Crippen LogP contribution in [0.15, 0.2) is 41.8 Å². The topological polar surface area (TPSA) is 69.6 Å². The molecule has 2 N–H and O–H groups in total. The molecule has 0 bridgehead atoms. The van der Waals surface area contributed by atoms with E-state index in [9.17, 15) is 32.3 Å². The molecule has 0 unspecified atom stereocenters. The third-order valence-corrected chi connectivity index (χ3v) is 5.44. The summed E-state index contributed by atoms with van der Waals surface area (Å²) in [7, 11) is 0.762. The fraction of sp³-hybridized carbons (Fsp3) is 0.294. The minimum absolute atomic E-state index is 0.000615. The molecule has 2 heterocycles. The first-order chi connectivity index (χ1) is 12.6. The van der Waals surface area contributed by atoms with Crippen molar-refractivity contribution < 1.29 is 32.3 Å². The van der Waals surface area contributed by atoms with Gasteiger partial charge in [-0.15, -0.1) is 11.3 Å². The lowest BCUT2D eigenvalue weighted by atomic mass is 9.78. The minimum Gasteiger partial charge on any atom is -0.363 e. The van der Waals surface area contributed by atoms with E-state index >= 15 is 0 Å². The molecule has 1 aliphatic rings. The maximum Gasteiger partial charge on any atom is 0.437 e. The van der Waals surface area contributed by atoms with Crippen LogP contribution >= 0.6 is 11.3 Å². The molecule has 27 heavy (non-hydrogen) atoms. The maximum atomic E-state index is 13.9. The number of carbonyl (C=O) groups excluding carboxylic acids is 2. The zero-order valence-corrected chi connectivity index (χ0v) is 14.6. The smallest absolute Gasteiger partial charge is 0.363 e. The Morgan fingerprint density at radius 2 is 1.89 bits per heavy atom. The van der Waals surface area contributed by atoms with Gasteiger partial charge in [0.25, 0.3) is 5.72 Å². The number of nitrogens with one attached hydrogen (secondary N) is 1. The Morgan fingerprint density at radius 3 is 2.41 bits per heavy atom. The molecule has 0 aliphatic carbocycles. The largest absolute Gasteiger partial charge is 0.437 e. The molecule has 5 nitrogen and oxygen atoms in total. The van der Waals surface area contributed by atoms with Crippen molar-refractivity contribution in [2.75, 3.05) is 7.05 Å². The summed E-state index contributed by atoms with van der Waals surface area (Å²) in [5.74, 6) is -3.71. The lowest BCUT2D eigenvalue weighted by molar-refractivity contribution is -0.322. The van der Waals surface area contributed by atoms with Crippen LogP contribution in [-0.4, -0.2) is 40.8 Å². The molecular weight excluding hydrogens is 388 g/mol. The Kier molecular flexibility index (Phi) is 4.73. The summed E-state index contributed by atoms with van der Waals surface area (Å²) < 4.78 is 54.8. The van der Waals surface area contributed by atoms with Crippen molar-refractivity contribution in [3.8, 4) is 0 Å². The lowest BCUT2D eigenvalue weighted by Crippen LogP contribution is -2.72. The van der Waals surface area contributed by atoms with E-state index < -0.39 is 41.5 Å². The van der Waals surface area contributed by atoms with Crippen LogP contribution in [-0.2, 0) is 0 Å². The standard InChI is InChI=1S/C17H14F4N2O3S/c1-23-15(25)22-13(9-4-6-10(18)7-5-9)12(16(23,26)17(19,20)21)14(24)11-3-2-8-27-11/h2-8,12-13,26H,1H3,(H,22,25)/t12-,13+,16-/m0/s1. The highest BCUT2D eigenvalue weighted by molar-refractivity contribution is 7.12. The second kappa shape index (κ2) is 6.61. The minimum atomic E-state index is -5.31. The number of Topliss-reactive ketones (excluding diaryl/α,β-unsaturated/α-hetero) is 1. The molecule has 1 fully saturated rings. The van der Waals surface area contributed by atoms with Crippen LogP contribution in [0, 0.1) is 11.7 Å². The molecule has 1 aromatic carbocycles. The van der Waals surface area contributed by atoms with Gasteiger partial charge in [0.2, 0.25) is 0 Å². The second-order valence-electron chi connectivity index (χ2n) is 6.08. The average molecular weight is 402 g/mol. The van der Waals surface area contributed by atoms with Crippen LogP contribution in [0.25, 0.3) is 0 Å². The number of hydrogen-bond acceptors (Lipinski definition) is 4. The Morgan fingerprint density at radius 1 is 1.26 bits per heavy atom. The van der Waals surface area contributed by atoms with E-state index in [0.29, 0.717) is 0 Å². The van der Waals surface area contributed by atoms with Gasteiger partial charge in [0.1, 0.15) is 11.7 Å². The number of thiophene rings is 1. The van der Waals surface area contributed by atoms with Gasteiger partial charge in [0, 0.05) is 7.05 Å². The normalized spacial score (nSPS) is 26.0. The molecule has 1 aromatic heterocycles. The quantitative estimate of drug-likeness (QED) is 0.611. The summed E-state index contributed by atoms with van der Waals surface area (Å²) in [5.41, 5.74) is -3.68. The molecule has 1 saturated heterocycles. The Balaban J connectivity index is 2.19. The van der Waals surface area contributed by atoms with Gasteiger partial charge in [-0.1, -0.05) is 18.2 Å². The molecule has 0 saturated carbocycles. The summed E-state index contributed by atoms with van der Waals surface area (Å²) in [4.78, 5) is 25.1. The van der Waals surface area contributed by atoms with Gasteiger partial charge in [-0.2, -0.15) is 13.2 Å². The molecule has 2 aromatic rings. The lowest BCUT2D eigenvalue weighted by Gasteiger charge is -2.49. The van der Waals surface area contributed by atoms with Gasteiger partial charge in [-0.3, -0.25) is 9.69 Å². The number of hydrogen-bond donors (Lipinski definition) is 2. The molecule has 3 atom stereocenters. The summed E-state index contributed by atoms with van der Waals surface area (Å²) in [6.07, 6.45) is -5.31. The molecule has 0 spiro atoms. The van der Waals surface area contributed by atoms with Crippen molar-refractivity contribution in [3.05, 3.63) is 58.0 Å². The first-order valence-corrected chi connectivity index (χ1v) is 8.62. The number of amides is 2. The summed E-state index contributed by atoms with van der Waals surface area (Å²) in [6, 6.07) is 4.44. The Hall–Kier alpha value is -2.46. The van der Waals surface area contributed by atoms with Crippen LogP contribution < -0.4 is 5.32 Å². The van der Waals surface area contributed by atoms with E-state index in [2.05, 4.69) is 5.32 Å². The SMILES string of the molecule is CN1C(=O)N[C@H](c2ccc(F)cc2)[C@@H](C(=O)c2cccs2)[C@]1(O)C(F)(F)F. The van der Waals surface area contributed by atoms with Crippen molar-refractivity contribution in [3.63, 3.8) is 0 Å². The van der Waals surface area contributed by atoms with Gasteiger partial charge in [-0.05, 0) is 29.1 Å². The molecule has 10 heteroatoms. The zero-order chi connectivity index (χ0) is 20.0. The van der Waals surface area contributed by atoms with E-state index in [1.54, 1.807) is 0 Å². The predicted molar refractivity (Wildman–Crippen MR) is 88.6 cm³/mol. The second-order valence-corrected chi connectivity index (χ2v) is 7.03. The van der Waals surface area contributed by atoms with Crippen molar-refractivity contribution >= 4 is 23.2 Å². The number of urea groups is 1. The number of ketones is 1. The third-order valence-electron chi connectivity index (χ3n) is 4.55. The molecular formula is C17H14F4N2O3S. The fourth-order valence-corrected chi connectivity index (χ4v) is 3.83. The van der Waals surface area contributed by atoms with E-state index in [4.69, 9.17) is 0 Å². The van der Waals surface area contributed by atoms with Crippen LogP contribution in [0.2, 0.25) is 0 Å². The highest BCUT2D eigenvalue weighted by Gasteiger charge is 2.69. The van der Waals surface area contributed by atoms with Crippen LogP contribution in [0.4, 0.5) is 22.4 Å². The molecule has 1 aliphatic heterocycles. The van der Waals surface area contributed by atoms with Gasteiger partial charge in [-0.25, -0.2) is 9.18 Å². The number of benzene rings is 1. The third kappa shape index (κ3) is 3.08. The highest BCUT2D eigenvalue weighted by Crippen LogP contribution is 2.47. The summed E-state index contributed by atoms with van der Waals surface area (Å²) >= 11 is 0.919. The van der Waals surface area contributed by atoms with Gasteiger partial charge < -0.3 is 10.4 Å². The van der Waals surface area contributed by atoms with Gasteiger partial charge in [0.15, 0.2) is 5.78 Å². The van der Waals surface area contributed by atoms with Crippen LogP contribution in [0.3, 0.4) is 0 Å². The number of rotatable bonds is 3. The Bertz CT molecular complexity index is 854. The van der Waals surface area contributed by atoms with E-state index in [1.807, 2.05) is 0 Å². The van der Waals surface area contributed by atoms with E-state index in [0.717, 1.165) is 42.6 Å². The predicted octanol–water partition coefficient (Wildman–Crippen LogP) is 3.33. The highest BCUT2D eigenvalue weighted by atomic mass is 32.1. The van der Waals surface area contributed by atoms with Crippen LogP contribution in [0.1, 0.15) is 21.3 Å². The summed E-state index contributed by atoms with van der Waals surface area (Å²) in [6.45, 7) is 0. The molecule has 0 radical (unpaired) electrons. The molecule has 144 valence electrons. The number of halogens is 4. The maximum absolute atomic E-state index is 13.9. The number of carbonyl (C=O) groups is 2. The number of aliphatic hydroxyl groups is 1. The molecule has 3 rings (SSSR count). The van der Waals surface area contributed by atoms with Gasteiger partial charge >= 0.3 is 12.2 Å². The number of alkyl halides is 3. The van der Waals surface area contributed by atoms with Crippen molar-refractivity contribution in [2.24, 2.45) is 5.92 Å². The van der Waals surface area contributed by atoms with Gasteiger partial charge in [0.05, 0.1) is 10.9 Å². The van der Waals surface area contributed by atoms with E-state index in [-0.39, 0.29) is 15.3 Å². The first-order valence-electron chi connectivity index (χ1n) is 7.74. The molecule has 2 amide bonds. The monoisotopic (exact) mass is 402 g/mol. The van der Waals surface area contributed by atoms with E-state index in [1.165, 1.54) is 17.5 Å². The zero-order valence-electron chi connectivity index (χ0n) is 13.8. The number of nitrogens with zero attached hydrogens (tertiary/aromatic N) is 1.